The Morgan fingerprint density at radius 1 is 0.968 bits per heavy atom. The second-order valence-electron chi connectivity index (χ2n) is 7.50. The topological polar surface area (TPSA) is 87.8 Å². The van der Waals surface area contributed by atoms with Gasteiger partial charge in [-0.1, -0.05) is 6.07 Å². The number of ether oxygens (including phenoxy) is 2. The minimum atomic E-state index is -0.0195. The zero-order chi connectivity index (χ0) is 21.8. The van der Waals surface area contributed by atoms with E-state index in [9.17, 15) is 9.59 Å². The first-order valence-corrected chi connectivity index (χ1v) is 10.3. The first kappa shape index (κ1) is 20.7. The van der Waals surface area contributed by atoms with E-state index in [2.05, 4.69) is 9.97 Å². The van der Waals surface area contributed by atoms with Crippen LogP contribution in [0.1, 0.15) is 22.3 Å². The molecule has 0 bridgehead atoms. The number of imidazole rings is 1. The standard InChI is InChI=1S/C23H26N4O4/c1-30-20-7-3-16(13-21(20)31-2)4-8-22(28)26-9-11-27(12-10-26)23(29)17-5-6-18-19(14-17)25-15-24-18/h3,5-7,13-15H,4,8-12H2,1-2H3,(H,24,25). The molecular weight excluding hydrogens is 396 g/mol. The molecule has 1 aliphatic heterocycles. The fraction of sp³-hybridized carbons (Fsp3) is 0.348. The summed E-state index contributed by atoms with van der Waals surface area (Å²) in [6, 6.07) is 11.2. The number of aromatic nitrogens is 2. The van der Waals surface area contributed by atoms with Gasteiger partial charge in [0.05, 0.1) is 31.6 Å². The number of nitrogens with one attached hydrogen (secondary N) is 1. The van der Waals surface area contributed by atoms with Gasteiger partial charge in [0, 0.05) is 38.2 Å². The van der Waals surface area contributed by atoms with Crippen molar-refractivity contribution < 1.29 is 19.1 Å². The number of H-pyrrole nitrogens is 1. The number of fused-ring (bicyclic) bond motifs is 1. The van der Waals surface area contributed by atoms with Gasteiger partial charge in [-0.2, -0.15) is 0 Å². The maximum atomic E-state index is 12.8. The molecule has 31 heavy (non-hydrogen) atoms. The molecule has 0 spiro atoms. The normalized spacial score (nSPS) is 14.0. The van der Waals surface area contributed by atoms with Gasteiger partial charge in [-0.25, -0.2) is 4.98 Å². The molecule has 0 aliphatic carbocycles. The lowest BCUT2D eigenvalue weighted by atomic mass is 10.1. The highest BCUT2D eigenvalue weighted by atomic mass is 16.5. The number of aromatic amines is 1. The summed E-state index contributed by atoms with van der Waals surface area (Å²) in [7, 11) is 3.20. The first-order chi connectivity index (χ1) is 15.1. The lowest BCUT2D eigenvalue weighted by molar-refractivity contribution is -0.132. The van der Waals surface area contributed by atoms with Gasteiger partial charge in [0.2, 0.25) is 5.91 Å². The molecular formula is C23H26N4O4. The third kappa shape index (κ3) is 4.47. The van der Waals surface area contributed by atoms with Gasteiger partial charge in [-0.15, -0.1) is 0 Å². The van der Waals surface area contributed by atoms with Crippen molar-refractivity contribution >= 4 is 22.8 Å². The molecule has 0 atom stereocenters. The van der Waals surface area contributed by atoms with Gasteiger partial charge in [0.25, 0.3) is 5.91 Å². The van der Waals surface area contributed by atoms with Crippen LogP contribution in [0, 0.1) is 0 Å². The molecule has 1 fully saturated rings. The maximum Gasteiger partial charge on any atom is 0.254 e. The van der Waals surface area contributed by atoms with Crippen LogP contribution in [0.5, 0.6) is 11.5 Å². The summed E-state index contributed by atoms with van der Waals surface area (Å²) in [4.78, 5) is 36.3. The molecule has 1 aliphatic rings. The van der Waals surface area contributed by atoms with E-state index >= 15 is 0 Å². The number of piperazine rings is 1. The Bertz CT molecular complexity index is 1090. The molecule has 4 rings (SSSR count). The van der Waals surface area contributed by atoms with Crippen molar-refractivity contribution in [3.8, 4) is 11.5 Å². The predicted octanol–water partition coefficient (Wildman–Crippen LogP) is 2.50. The van der Waals surface area contributed by atoms with E-state index in [1.807, 2.05) is 35.2 Å². The Balaban J connectivity index is 1.30. The van der Waals surface area contributed by atoms with Crippen LogP contribution in [0.25, 0.3) is 11.0 Å². The van der Waals surface area contributed by atoms with Crippen LogP contribution in [-0.2, 0) is 11.2 Å². The number of carbonyl (C=O) groups is 2. The summed E-state index contributed by atoms with van der Waals surface area (Å²) >= 11 is 0. The molecule has 2 heterocycles. The Morgan fingerprint density at radius 2 is 1.71 bits per heavy atom. The molecule has 0 saturated carbocycles. The van der Waals surface area contributed by atoms with Crippen molar-refractivity contribution in [2.45, 2.75) is 12.8 Å². The zero-order valence-electron chi connectivity index (χ0n) is 17.8. The van der Waals surface area contributed by atoms with Crippen LogP contribution in [0.4, 0.5) is 0 Å². The number of methoxy groups -OCH3 is 2. The van der Waals surface area contributed by atoms with Crippen LogP contribution >= 0.6 is 0 Å². The lowest BCUT2D eigenvalue weighted by Gasteiger charge is -2.35. The van der Waals surface area contributed by atoms with Gasteiger partial charge in [0.15, 0.2) is 11.5 Å². The molecule has 2 aromatic carbocycles. The molecule has 0 unspecified atom stereocenters. The Hall–Kier alpha value is -3.55. The summed E-state index contributed by atoms with van der Waals surface area (Å²) in [6.45, 7) is 2.15. The van der Waals surface area contributed by atoms with Crippen molar-refractivity contribution in [2.75, 3.05) is 40.4 Å². The lowest BCUT2D eigenvalue weighted by Crippen LogP contribution is -2.50. The molecule has 0 radical (unpaired) electrons. The number of hydrogen-bond acceptors (Lipinski definition) is 5. The van der Waals surface area contributed by atoms with E-state index in [-0.39, 0.29) is 11.8 Å². The van der Waals surface area contributed by atoms with Crippen molar-refractivity contribution in [2.24, 2.45) is 0 Å². The molecule has 162 valence electrons. The van der Waals surface area contributed by atoms with Crippen LogP contribution in [0.3, 0.4) is 0 Å². The SMILES string of the molecule is COc1ccc(CCC(=O)N2CCN(C(=O)c3ccc4nc[nH]c4c3)CC2)cc1OC. The number of benzene rings is 2. The van der Waals surface area contributed by atoms with Crippen molar-refractivity contribution in [3.05, 3.63) is 53.9 Å². The third-order valence-corrected chi connectivity index (χ3v) is 5.66. The summed E-state index contributed by atoms with van der Waals surface area (Å²) in [6.07, 6.45) is 2.66. The summed E-state index contributed by atoms with van der Waals surface area (Å²) in [5, 5.41) is 0. The molecule has 8 heteroatoms. The molecule has 1 saturated heterocycles. The number of aryl methyl sites for hydroxylation is 1. The summed E-state index contributed by atoms with van der Waals surface area (Å²) in [5.41, 5.74) is 3.33. The van der Waals surface area contributed by atoms with Crippen LogP contribution in [0.2, 0.25) is 0 Å². The van der Waals surface area contributed by atoms with Crippen molar-refractivity contribution in [1.29, 1.82) is 0 Å². The van der Waals surface area contributed by atoms with Gasteiger partial charge >= 0.3 is 0 Å². The van der Waals surface area contributed by atoms with E-state index in [4.69, 9.17) is 9.47 Å². The Kier molecular flexibility index (Phi) is 6.06. The zero-order valence-corrected chi connectivity index (χ0v) is 17.8. The second kappa shape index (κ2) is 9.07. The molecule has 1 aromatic heterocycles. The number of carbonyl (C=O) groups excluding carboxylic acids is 2. The maximum absolute atomic E-state index is 12.8. The van der Waals surface area contributed by atoms with E-state index < -0.39 is 0 Å². The Morgan fingerprint density at radius 3 is 2.45 bits per heavy atom. The van der Waals surface area contributed by atoms with E-state index in [1.54, 1.807) is 31.5 Å². The molecule has 1 N–H and O–H groups in total. The van der Waals surface area contributed by atoms with Crippen LogP contribution < -0.4 is 9.47 Å². The van der Waals surface area contributed by atoms with E-state index in [0.717, 1.165) is 16.6 Å². The average molecular weight is 422 g/mol. The van der Waals surface area contributed by atoms with Crippen molar-refractivity contribution in [1.82, 2.24) is 19.8 Å². The minimum absolute atomic E-state index is 0.0195. The third-order valence-electron chi connectivity index (χ3n) is 5.66. The fourth-order valence-corrected chi connectivity index (χ4v) is 3.86. The quantitative estimate of drug-likeness (QED) is 0.660. The van der Waals surface area contributed by atoms with E-state index in [1.165, 1.54) is 0 Å². The number of amides is 2. The largest absolute Gasteiger partial charge is 0.493 e. The number of nitrogens with zero attached hydrogens (tertiary/aromatic N) is 3. The Labute approximate surface area is 180 Å². The monoisotopic (exact) mass is 422 g/mol. The highest BCUT2D eigenvalue weighted by Gasteiger charge is 2.25. The minimum Gasteiger partial charge on any atom is -0.493 e. The van der Waals surface area contributed by atoms with Gasteiger partial charge in [-0.05, 0) is 42.3 Å². The molecule has 8 nitrogen and oxygen atoms in total. The fourth-order valence-electron chi connectivity index (χ4n) is 3.86. The highest BCUT2D eigenvalue weighted by Crippen LogP contribution is 2.28. The molecule has 3 aromatic rings. The van der Waals surface area contributed by atoms with Crippen LogP contribution in [0.15, 0.2) is 42.7 Å². The smallest absolute Gasteiger partial charge is 0.254 e. The summed E-state index contributed by atoms with van der Waals surface area (Å²) < 4.78 is 10.6. The average Bonchev–Trinajstić information content (AvgIpc) is 3.30. The van der Waals surface area contributed by atoms with Gasteiger partial charge in [0.1, 0.15) is 0 Å². The first-order valence-electron chi connectivity index (χ1n) is 10.3. The highest BCUT2D eigenvalue weighted by molar-refractivity contribution is 5.97. The van der Waals surface area contributed by atoms with Crippen molar-refractivity contribution in [3.63, 3.8) is 0 Å². The number of hydrogen-bond donors (Lipinski definition) is 1. The number of rotatable bonds is 6. The van der Waals surface area contributed by atoms with E-state index in [0.29, 0.717) is 56.1 Å². The summed E-state index contributed by atoms with van der Waals surface area (Å²) in [5.74, 6) is 1.41. The van der Waals surface area contributed by atoms with Crippen LogP contribution in [-0.4, -0.2) is 72.0 Å². The molecule has 2 amide bonds. The van der Waals surface area contributed by atoms with Gasteiger partial charge < -0.3 is 24.3 Å². The second-order valence-corrected chi connectivity index (χ2v) is 7.50. The predicted molar refractivity (Wildman–Crippen MR) is 116 cm³/mol. The van der Waals surface area contributed by atoms with Gasteiger partial charge in [-0.3, -0.25) is 9.59 Å².